The van der Waals surface area contributed by atoms with Crippen molar-refractivity contribution in [2.45, 2.75) is 43.7 Å². The van der Waals surface area contributed by atoms with Gasteiger partial charge in [-0.15, -0.1) is 0 Å². The molecule has 0 unspecified atom stereocenters. The number of nitrogens with one attached hydrogen (secondary N) is 2. The summed E-state index contributed by atoms with van der Waals surface area (Å²) in [7, 11) is -3.97. The summed E-state index contributed by atoms with van der Waals surface area (Å²) in [4.78, 5) is -0.500. The van der Waals surface area contributed by atoms with Gasteiger partial charge < -0.3 is 5.32 Å². The van der Waals surface area contributed by atoms with E-state index in [2.05, 4.69) is 10.0 Å². The van der Waals surface area contributed by atoms with Gasteiger partial charge in [0.1, 0.15) is 10.7 Å². The SMILES string of the molecule is CCNCc1c(F)ccc(S(=O)(=O)NC2(C)CC2)c1F. The highest BCUT2D eigenvalue weighted by atomic mass is 32.2. The van der Waals surface area contributed by atoms with Crippen molar-refractivity contribution in [2.75, 3.05) is 6.54 Å². The number of rotatable bonds is 6. The van der Waals surface area contributed by atoms with Crippen molar-refractivity contribution in [3.05, 3.63) is 29.3 Å². The summed E-state index contributed by atoms with van der Waals surface area (Å²) in [5.74, 6) is -1.78. The highest BCUT2D eigenvalue weighted by molar-refractivity contribution is 7.89. The quantitative estimate of drug-likeness (QED) is 0.844. The summed E-state index contributed by atoms with van der Waals surface area (Å²) < 4.78 is 54.6. The molecule has 2 N–H and O–H groups in total. The molecule has 7 heteroatoms. The molecule has 0 bridgehead atoms. The van der Waals surface area contributed by atoms with Crippen LogP contribution in [0.5, 0.6) is 0 Å². The molecule has 20 heavy (non-hydrogen) atoms. The lowest BCUT2D eigenvalue weighted by atomic mass is 10.2. The van der Waals surface area contributed by atoms with Gasteiger partial charge in [-0.2, -0.15) is 0 Å². The third kappa shape index (κ3) is 3.16. The molecule has 1 aromatic rings. The Kier molecular flexibility index (Phi) is 4.13. The van der Waals surface area contributed by atoms with Crippen LogP contribution in [-0.4, -0.2) is 20.5 Å². The lowest BCUT2D eigenvalue weighted by Gasteiger charge is -2.14. The minimum absolute atomic E-state index is 0.0468. The smallest absolute Gasteiger partial charge is 0.243 e. The maximum absolute atomic E-state index is 14.2. The molecule has 112 valence electrons. The average Bonchev–Trinajstić information content (AvgIpc) is 3.05. The van der Waals surface area contributed by atoms with Crippen molar-refractivity contribution in [2.24, 2.45) is 0 Å². The van der Waals surface area contributed by atoms with Crippen molar-refractivity contribution in [3.63, 3.8) is 0 Å². The molecule has 1 fully saturated rings. The summed E-state index contributed by atoms with van der Waals surface area (Å²) in [6, 6.07) is 1.95. The van der Waals surface area contributed by atoms with E-state index in [4.69, 9.17) is 0 Å². The Morgan fingerprint density at radius 2 is 1.95 bits per heavy atom. The first kappa shape index (κ1) is 15.3. The Balaban J connectivity index is 2.36. The molecule has 0 aromatic heterocycles. The molecule has 0 atom stereocenters. The molecular formula is C13H18F2N2O2S. The molecule has 0 amide bonds. The Hall–Kier alpha value is -1.05. The number of benzene rings is 1. The first-order chi connectivity index (χ1) is 9.29. The van der Waals surface area contributed by atoms with Crippen LogP contribution in [0.15, 0.2) is 17.0 Å². The molecule has 2 rings (SSSR count). The van der Waals surface area contributed by atoms with Gasteiger partial charge in [0.05, 0.1) is 0 Å². The van der Waals surface area contributed by atoms with Crippen molar-refractivity contribution in [3.8, 4) is 0 Å². The standard InChI is InChI=1S/C13H18F2N2O2S/c1-3-16-8-9-10(14)4-5-11(12(9)15)20(18,19)17-13(2)6-7-13/h4-5,16-17H,3,6-8H2,1-2H3. The second kappa shape index (κ2) is 5.38. The van der Waals surface area contributed by atoms with Gasteiger partial charge in [0.25, 0.3) is 0 Å². The van der Waals surface area contributed by atoms with Crippen LogP contribution in [0, 0.1) is 11.6 Å². The van der Waals surface area contributed by atoms with E-state index in [-0.39, 0.29) is 12.1 Å². The first-order valence-corrected chi connectivity index (χ1v) is 7.99. The normalized spacial score (nSPS) is 17.2. The van der Waals surface area contributed by atoms with E-state index in [0.717, 1.165) is 25.0 Å². The van der Waals surface area contributed by atoms with Gasteiger partial charge in [-0.05, 0) is 38.4 Å². The zero-order chi connectivity index (χ0) is 15.0. The third-order valence-corrected chi connectivity index (χ3v) is 5.03. The maximum Gasteiger partial charge on any atom is 0.243 e. The number of halogens is 2. The molecule has 4 nitrogen and oxygen atoms in total. The fraction of sp³-hybridized carbons (Fsp3) is 0.538. The van der Waals surface area contributed by atoms with Crippen LogP contribution in [0.3, 0.4) is 0 Å². The van der Waals surface area contributed by atoms with Crippen molar-refractivity contribution in [1.82, 2.24) is 10.0 Å². The van der Waals surface area contributed by atoms with Gasteiger partial charge >= 0.3 is 0 Å². The molecule has 0 radical (unpaired) electrons. The minimum atomic E-state index is -3.97. The van der Waals surface area contributed by atoms with E-state index in [1.54, 1.807) is 13.8 Å². The number of hydrogen-bond donors (Lipinski definition) is 2. The molecule has 1 aliphatic carbocycles. The Morgan fingerprint density at radius 1 is 1.30 bits per heavy atom. The van der Waals surface area contributed by atoms with Crippen LogP contribution >= 0.6 is 0 Å². The van der Waals surface area contributed by atoms with Gasteiger partial charge in [0, 0.05) is 17.6 Å². The zero-order valence-corrected chi connectivity index (χ0v) is 12.3. The van der Waals surface area contributed by atoms with Crippen LogP contribution in [-0.2, 0) is 16.6 Å². The predicted octanol–water partition coefficient (Wildman–Crippen LogP) is 1.91. The van der Waals surface area contributed by atoms with Crippen LogP contribution in [0.2, 0.25) is 0 Å². The van der Waals surface area contributed by atoms with E-state index in [0.29, 0.717) is 6.54 Å². The summed E-state index contributed by atoms with van der Waals surface area (Å²) in [6.07, 6.45) is 1.44. The summed E-state index contributed by atoms with van der Waals surface area (Å²) in [6.45, 7) is 4.04. The van der Waals surface area contributed by atoms with E-state index < -0.39 is 32.1 Å². The van der Waals surface area contributed by atoms with E-state index in [1.807, 2.05) is 0 Å². The molecular weight excluding hydrogens is 286 g/mol. The molecule has 1 aromatic carbocycles. The predicted molar refractivity (Wildman–Crippen MR) is 71.7 cm³/mol. The second-order valence-electron chi connectivity index (χ2n) is 5.28. The van der Waals surface area contributed by atoms with E-state index in [1.165, 1.54) is 0 Å². The second-order valence-corrected chi connectivity index (χ2v) is 6.94. The molecule has 0 saturated heterocycles. The van der Waals surface area contributed by atoms with Crippen LogP contribution in [0.1, 0.15) is 32.3 Å². The van der Waals surface area contributed by atoms with Crippen molar-refractivity contribution < 1.29 is 17.2 Å². The number of sulfonamides is 1. The average molecular weight is 304 g/mol. The fourth-order valence-corrected chi connectivity index (χ4v) is 3.43. The third-order valence-electron chi connectivity index (χ3n) is 3.37. The zero-order valence-electron chi connectivity index (χ0n) is 11.5. The maximum atomic E-state index is 14.2. The van der Waals surface area contributed by atoms with Gasteiger partial charge in [-0.25, -0.2) is 21.9 Å². The molecule has 0 heterocycles. The van der Waals surface area contributed by atoms with Gasteiger partial charge in [0.2, 0.25) is 10.0 Å². The van der Waals surface area contributed by atoms with Crippen molar-refractivity contribution in [1.29, 1.82) is 0 Å². The Labute approximate surface area is 117 Å². The summed E-state index contributed by atoms with van der Waals surface area (Å²) >= 11 is 0. The lowest BCUT2D eigenvalue weighted by Crippen LogP contribution is -2.35. The van der Waals surface area contributed by atoms with Gasteiger partial charge in [-0.1, -0.05) is 6.92 Å². The Morgan fingerprint density at radius 3 is 2.50 bits per heavy atom. The number of hydrogen-bond acceptors (Lipinski definition) is 3. The van der Waals surface area contributed by atoms with Crippen LogP contribution in [0.25, 0.3) is 0 Å². The highest BCUT2D eigenvalue weighted by Gasteiger charge is 2.42. The van der Waals surface area contributed by atoms with Crippen LogP contribution < -0.4 is 10.0 Å². The first-order valence-electron chi connectivity index (χ1n) is 6.51. The largest absolute Gasteiger partial charge is 0.313 e. The minimum Gasteiger partial charge on any atom is -0.313 e. The van der Waals surface area contributed by atoms with Crippen molar-refractivity contribution >= 4 is 10.0 Å². The fourth-order valence-electron chi connectivity index (χ4n) is 1.86. The van der Waals surface area contributed by atoms with Gasteiger partial charge in [0.15, 0.2) is 5.82 Å². The monoisotopic (exact) mass is 304 g/mol. The molecule has 0 aliphatic heterocycles. The Bertz CT molecular complexity index is 613. The molecule has 1 aliphatic rings. The highest BCUT2D eigenvalue weighted by Crippen LogP contribution is 2.36. The topological polar surface area (TPSA) is 58.2 Å². The van der Waals surface area contributed by atoms with Gasteiger partial charge in [-0.3, -0.25) is 0 Å². The van der Waals surface area contributed by atoms with E-state index >= 15 is 0 Å². The summed E-state index contributed by atoms with van der Waals surface area (Å²) in [5, 5.41) is 2.79. The molecule has 0 spiro atoms. The van der Waals surface area contributed by atoms with E-state index in [9.17, 15) is 17.2 Å². The molecule has 1 saturated carbocycles. The summed E-state index contributed by atoms with van der Waals surface area (Å²) in [5.41, 5.74) is -0.753. The van der Waals surface area contributed by atoms with Crippen LogP contribution in [0.4, 0.5) is 8.78 Å². The lowest BCUT2D eigenvalue weighted by molar-refractivity contribution is 0.509.